The summed E-state index contributed by atoms with van der Waals surface area (Å²) < 4.78 is 4.71. The average Bonchev–Trinajstić information content (AvgIpc) is 2.19. The summed E-state index contributed by atoms with van der Waals surface area (Å²) in [6.07, 6.45) is 0. The number of hydrogen-bond donors (Lipinski definition) is 1. The number of carbonyl (C=O) groups excluding carboxylic acids is 1. The minimum Gasteiger partial charge on any atom is -0.469 e. The number of benzene rings is 1. The summed E-state index contributed by atoms with van der Waals surface area (Å²) in [5.41, 5.74) is 2.10. The van der Waals surface area contributed by atoms with Crippen molar-refractivity contribution in [3.05, 3.63) is 35.4 Å². The monoisotopic (exact) mass is 210 g/mol. The number of rotatable bonds is 3. The molecule has 0 heterocycles. The van der Waals surface area contributed by atoms with E-state index in [-0.39, 0.29) is 11.9 Å². The predicted molar refractivity (Wildman–Crippen MR) is 59.8 cm³/mol. The van der Waals surface area contributed by atoms with Gasteiger partial charge in [-0.3, -0.25) is 4.79 Å². The molecule has 76 valence electrons. The van der Waals surface area contributed by atoms with Crippen LogP contribution in [0.5, 0.6) is 0 Å². The zero-order valence-electron chi connectivity index (χ0n) is 8.36. The summed E-state index contributed by atoms with van der Waals surface area (Å²) in [4.78, 5) is 11.4. The largest absolute Gasteiger partial charge is 0.469 e. The van der Waals surface area contributed by atoms with Gasteiger partial charge in [0.2, 0.25) is 0 Å². The molecule has 0 N–H and O–H groups in total. The molecule has 0 aliphatic heterocycles. The summed E-state index contributed by atoms with van der Waals surface area (Å²) in [5.74, 6) is -0.0234. The molecule has 14 heavy (non-hydrogen) atoms. The number of thiol groups is 1. The van der Waals surface area contributed by atoms with Crippen LogP contribution in [0.2, 0.25) is 0 Å². The fourth-order valence-corrected chi connectivity index (χ4v) is 1.71. The molecule has 0 aliphatic rings. The maximum Gasteiger partial charge on any atom is 0.313 e. The first kappa shape index (κ1) is 11.1. The number of carbonyl (C=O) groups is 1. The van der Waals surface area contributed by atoms with Crippen molar-refractivity contribution in [1.82, 2.24) is 0 Å². The Bertz CT molecular complexity index is 323. The van der Waals surface area contributed by atoms with Crippen LogP contribution >= 0.6 is 12.6 Å². The topological polar surface area (TPSA) is 26.3 Å². The normalized spacial score (nSPS) is 12.2. The van der Waals surface area contributed by atoms with Gasteiger partial charge in [0, 0.05) is 5.75 Å². The van der Waals surface area contributed by atoms with Gasteiger partial charge in [0.15, 0.2) is 0 Å². The van der Waals surface area contributed by atoms with Crippen LogP contribution in [0, 0.1) is 6.92 Å². The Balaban J connectivity index is 2.94. The summed E-state index contributed by atoms with van der Waals surface area (Å²) in [6.45, 7) is 2.00. The van der Waals surface area contributed by atoms with Gasteiger partial charge in [0.1, 0.15) is 0 Å². The lowest BCUT2D eigenvalue weighted by Gasteiger charge is -2.12. The molecule has 1 unspecified atom stereocenters. The van der Waals surface area contributed by atoms with Gasteiger partial charge < -0.3 is 4.74 Å². The van der Waals surface area contributed by atoms with Crippen molar-refractivity contribution < 1.29 is 9.53 Å². The van der Waals surface area contributed by atoms with E-state index in [2.05, 4.69) is 12.6 Å². The van der Waals surface area contributed by atoms with Gasteiger partial charge in [0.05, 0.1) is 13.0 Å². The fourth-order valence-electron chi connectivity index (χ4n) is 1.35. The third kappa shape index (κ3) is 2.51. The predicted octanol–water partition coefficient (Wildman–Crippen LogP) is 2.18. The van der Waals surface area contributed by atoms with Crippen LogP contribution in [0.4, 0.5) is 0 Å². The molecule has 0 saturated carbocycles. The molecule has 0 radical (unpaired) electrons. The van der Waals surface area contributed by atoms with Crippen molar-refractivity contribution >= 4 is 18.6 Å². The fraction of sp³-hybridized carbons (Fsp3) is 0.364. The zero-order valence-corrected chi connectivity index (χ0v) is 9.25. The second kappa shape index (κ2) is 5.05. The highest BCUT2D eigenvalue weighted by atomic mass is 32.1. The van der Waals surface area contributed by atoms with Crippen LogP contribution in [0.25, 0.3) is 0 Å². The first-order valence-corrected chi connectivity index (χ1v) is 5.07. The molecule has 0 spiro atoms. The number of aryl methyl sites for hydroxylation is 1. The van der Waals surface area contributed by atoms with Gasteiger partial charge in [0.25, 0.3) is 0 Å². The second-order valence-corrected chi connectivity index (χ2v) is 3.54. The average molecular weight is 210 g/mol. The SMILES string of the molecule is COC(=O)C(CS)c1cccc(C)c1. The quantitative estimate of drug-likeness (QED) is 0.611. The highest BCUT2D eigenvalue weighted by Gasteiger charge is 2.19. The van der Waals surface area contributed by atoms with Gasteiger partial charge >= 0.3 is 5.97 Å². The van der Waals surface area contributed by atoms with Crippen molar-refractivity contribution in [3.8, 4) is 0 Å². The third-order valence-corrected chi connectivity index (χ3v) is 2.48. The van der Waals surface area contributed by atoms with Crippen molar-refractivity contribution in [2.45, 2.75) is 12.8 Å². The van der Waals surface area contributed by atoms with E-state index in [0.29, 0.717) is 5.75 Å². The van der Waals surface area contributed by atoms with E-state index in [0.717, 1.165) is 11.1 Å². The van der Waals surface area contributed by atoms with E-state index < -0.39 is 0 Å². The summed E-state index contributed by atoms with van der Waals surface area (Å²) in [6, 6.07) is 7.84. The smallest absolute Gasteiger partial charge is 0.313 e. The standard InChI is InChI=1S/C11H14O2S/c1-8-4-3-5-9(6-8)10(7-14)11(12)13-2/h3-6,10,14H,7H2,1-2H3. The summed E-state index contributed by atoms with van der Waals surface area (Å²) in [5, 5.41) is 0. The minimum atomic E-state index is -0.261. The highest BCUT2D eigenvalue weighted by Crippen LogP contribution is 2.19. The molecular formula is C11H14O2S. The molecule has 0 saturated heterocycles. The van der Waals surface area contributed by atoms with Crippen LogP contribution in [-0.2, 0) is 9.53 Å². The molecule has 2 nitrogen and oxygen atoms in total. The molecular weight excluding hydrogens is 196 g/mol. The molecule has 0 bridgehead atoms. The zero-order chi connectivity index (χ0) is 10.6. The molecule has 1 aromatic rings. The van der Waals surface area contributed by atoms with E-state index in [9.17, 15) is 4.79 Å². The molecule has 1 aromatic carbocycles. The van der Waals surface area contributed by atoms with Crippen LogP contribution in [0.15, 0.2) is 24.3 Å². The molecule has 3 heteroatoms. The van der Waals surface area contributed by atoms with Gasteiger partial charge in [-0.25, -0.2) is 0 Å². The Morgan fingerprint density at radius 2 is 2.29 bits per heavy atom. The van der Waals surface area contributed by atoms with Crippen LogP contribution in [-0.4, -0.2) is 18.8 Å². The highest BCUT2D eigenvalue weighted by molar-refractivity contribution is 7.80. The molecule has 0 aliphatic carbocycles. The van der Waals surface area contributed by atoms with Gasteiger partial charge in [-0.15, -0.1) is 0 Å². The Hall–Kier alpha value is -0.960. The maximum absolute atomic E-state index is 11.4. The first-order valence-electron chi connectivity index (χ1n) is 4.44. The van der Waals surface area contributed by atoms with Crippen molar-refractivity contribution in [3.63, 3.8) is 0 Å². The number of ether oxygens (including phenoxy) is 1. The van der Waals surface area contributed by atoms with E-state index in [1.165, 1.54) is 7.11 Å². The summed E-state index contributed by atoms with van der Waals surface area (Å²) in [7, 11) is 1.40. The van der Waals surface area contributed by atoms with Gasteiger partial charge in [-0.2, -0.15) is 12.6 Å². The van der Waals surface area contributed by atoms with Crippen molar-refractivity contribution in [2.24, 2.45) is 0 Å². The maximum atomic E-state index is 11.4. The van der Waals surface area contributed by atoms with Crippen molar-refractivity contribution in [2.75, 3.05) is 12.9 Å². The minimum absolute atomic E-state index is 0.231. The van der Waals surface area contributed by atoms with Gasteiger partial charge in [-0.1, -0.05) is 29.8 Å². The van der Waals surface area contributed by atoms with Crippen LogP contribution in [0.1, 0.15) is 17.0 Å². The molecule has 1 atom stereocenters. The Labute approximate surface area is 89.7 Å². The Morgan fingerprint density at radius 3 is 2.79 bits per heavy atom. The lowest BCUT2D eigenvalue weighted by Crippen LogP contribution is -2.15. The van der Waals surface area contributed by atoms with E-state index >= 15 is 0 Å². The molecule has 0 fully saturated rings. The Morgan fingerprint density at radius 1 is 1.57 bits per heavy atom. The number of esters is 1. The van der Waals surface area contributed by atoms with E-state index in [1.807, 2.05) is 31.2 Å². The lowest BCUT2D eigenvalue weighted by atomic mass is 9.99. The molecule has 0 aromatic heterocycles. The molecule has 1 rings (SSSR count). The number of methoxy groups -OCH3 is 1. The third-order valence-electron chi connectivity index (χ3n) is 2.11. The Kier molecular flexibility index (Phi) is 4.01. The van der Waals surface area contributed by atoms with Crippen LogP contribution in [0.3, 0.4) is 0 Å². The molecule has 0 amide bonds. The summed E-state index contributed by atoms with van der Waals surface area (Å²) >= 11 is 4.15. The van der Waals surface area contributed by atoms with E-state index in [4.69, 9.17) is 4.74 Å². The van der Waals surface area contributed by atoms with Crippen LogP contribution < -0.4 is 0 Å². The van der Waals surface area contributed by atoms with Gasteiger partial charge in [-0.05, 0) is 12.5 Å². The first-order chi connectivity index (χ1) is 6.69. The lowest BCUT2D eigenvalue weighted by molar-refractivity contribution is -0.141. The second-order valence-electron chi connectivity index (χ2n) is 3.17. The van der Waals surface area contributed by atoms with Crippen molar-refractivity contribution in [1.29, 1.82) is 0 Å². The van der Waals surface area contributed by atoms with E-state index in [1.54, 1.807) is 0 Å². The number of hydrogen-bond acceptors (Lipinski definition) is 3.